The van der Waals surface area contributed by atoms with E-state index in [1.54, 1.807) is 22.8 Å². The second-order valence-corrected chi connectivity index (χ2v) is 10.0. The van der Waals surface area contributed by atoms with E-state index in [0.717, 1.165) is 17.7 Å². The molecule has 0 atom stereocenters. The van der Waals surface area contributed by atoms with Crippen molar-refractivity contribution in [1.82, 2.24) is 19.3 Å². The summed E-state index contributed by atoms with van der Waals surface area (Å²) in [6.07, 6.45) is 2.04. The number of sulfonamides is 1. The van der Waals surface area contributed by atoms with Gasteiger partial charge in [0.25, 0.3) is 0 Å². The first kappa shape index (κ1) is 23.6. The lowest BCUT2D eigenvalue weighted by molar-refractivity contribution is 0.504. The van der Waals surface area contributed by atoms with Gasteiger partial charge in [0.2, 0.25) is 10.0 Å². The fourth-order valence-corrected chi connectivity index (χ4v) is 4.77. The molecule has 0 aliphatic heterocycles. The summed E-state index contributed by atoms with van der Waals surface area (Å²) in [4.78, 5) is 4.29. The molecule has 0 amide bonds. The highest BCUT2D eigenvalue weighted by molar-refractivity contribution is 9.10. The molecule has 0 radical (unpaired) electrons. The summed E-state index contributed by atoms with van der Waals surface area (Å²) in [7, 11) is -3.96. The predicted octanol–water partition coefficient (Wildman–Crippen LogP) is 4.87. The number of hydrogen-bond donors (Lipinski definition) is 2. The predicted molar refractivity (Wildman–Crippen MR) is 126 cm³/mol. The highest BCUT2D eigenvalue weighted by Crippen LogP contribution is 2.30. The normalized spacial score (nSPS) is 11.8. The van der Waals surface area contributed by atoms with Crippen LogP contribution >= 0.6 is 27.5 Å². The summed E-state index contributed by atoms with van der Waals surface area (Å²) in [6, 6.07) is 11.6. The van der Waals surface area contributed by atoms with Crippen LogP contribution < -0.4 is 10.0 Å². The van der Waals surface area contributed by atoms with Gasteiger partial charge in [0.15, 0.2) is 17.3 Å². The molecule has 0 saturated carbocycles. The van der Waals surface area contributed by atoms with Crippen LogP contribution in [0.1, 0.15) is 6.42 Å². The maximum atomic E-state index is 13.3. The van der Waals surface area contributed by atoms with Crippen LogP contribution in [0.5, 0.6) is 0 Å². The van der Waals surface area contributed by atoms with Crippen molar-refractivity contribution in [3.63, 3.8) is 0 Å². The zero-order chi connectivity index (χ0) is 23.6. The second-order valence-electron chi connectivity index (χ2n) is 6.99. The zero-order valence-electron chi connectivity index (χ0n) is 16.9. The molecule has 12 heteroatoms. The summed E-state index contributed by atoms with van der Waals surface area (Å²) in [6.45, 7) is 0.488. The molecule has 2 heterocycles. The molecular formula is C21H17BrClF2N5O2S. The molecule has 2 aromatic carbocycles. The molecule has 0 spiro atoms. The number of nitrogens with zero attached hydrogens (tertiary/aromatic N) is 3. The number of nitrogens with one attached hydrogen (secondary N) is 2. The van der Waals surface area contributed by atoms with Crippen LogP contribution in [0.2, 0.25) is 5.02 Å². The monoisotopic (exact) mass is 555 g/mol. The van der Waals surface area contributed by atoms with Crippen LogP contribution in [-0.4, -0.2) is 36.1 Å². The summed E-state index contributed by atoms with van der Waals surface area (Å²) in [5, 5.41) is 8.09. The minimum Gasteiger partial charge on any atom is -0.370 e. The molecule has 2 aromatic heterocycles. The van der Waals surface area contributed by atoms with E-state index >= 15 is 0 Å². The van der Waals surface area contributed by atoms with Gasteiger partial charge >= 0.3 is 0 Å². The first-order chi connectivity index (χ1) is 15.8. The topological polar surface area (TPSA) is 88.4 Å². The van der Waals surface area contributed by atoms with Gasteiger partial charge in [0.1, 0.15) is 5.82 Å². The van der Waals surface area contributed by atoms with Gasteiger partial charge in [0, 0.05) is 29.7 Å². The van der Waals surface area contributed by atoms with Crippen molar-refractivity contribution < 1.29 is 17.2 Å². The fraction of sp³-hybridized carbons (Fsp3) is 0.143. The smallest absolute Gasteiger partial charge is 0.240 e. The molecule has 2 N–H and O–H groups in total. The van der Waals surface area contributed by atoms with Crippen molar-refractivity contribution in [3.8, 4) is 11.3 Å². The molecule has 4 rings (SSSR count). The number of hydrogen-bond acceptors (Lipinski definition) is 5. The van der Waals surface area contributed by atoms with Crippen molar-refractivity contribution in [2.45, 2.75) is 11.3 Å². The molecule has 0 aliphatic carbocycles. The van der Waals surface area contributed by atoms with Crippen LogP contribution in [-0.2, 0) is 10.0 Å². The average Bonchev–Trinajstić information content (AvgIpc) is 3.16. The Morgan fingerprint density at radius 1 is 1.06 bits per heavy atom. The van der Waals surface area contributed by atoms with Crippen molar-refractivity contribution >= 4 is 49.0 Å². The van der Waals surface area contributed by atoms with E-state index in [2.05, 4.69) is 36.1 Å². The maximum absolute atomic E-state index is 13.3. The van der Waals surface area contributed by atoms with Crippen LogP contribution in [0.4, 0.5) is 14.6 Å². The maximum Gasteiger partial charge on any atom is 0.240 e. The Morgan fingerprint density at radius 2 is 1.85 bits per heavy atom. The molecule has 4 aromatic rings. The SMILES string of the molecule is O=S(=O)(NCCCNc1cc(-c2ccccc2Cl)nc2c(Br)cnn12)c1ccc(F)c(F)c1. The lowest BCUT2D eigenvalue weighted by atomic mass is 10.1. The summed E-state index contributed by atoms with van der Waals surface area (Å²) in [5.41, 5.74) is 2.00. The first-order valence-corrected chi connectivity index (χ1v) is 12.4. The number of halogens is 4. The highest BCUT2D eigenvalue weighted by Gasteiger charge is 2.16. The fourth-order valence-electron chi connectivity index (χ4n) is 3.11. The Kier molecular flexibility index (Phi) is 6.94. The van der Waals surface area contributed by atoms with Gasteiger partial charge < -0.3 is 5.32 Å². The Balaban J connectivity index is 1.45. The van der Waals surface area contributed by atoms with E-state index in [1.807, 2.05) is 18.2 Å². The number of fused-ring (bicyclic) bond motifs is 1. The highest BCUT2D eigenvalue weighted by atomic mass is 79.9. The van der Waals surface area contributed by atoms with Gasteiger partial charge in [-0.15, -0.1) is 0 Å². The zero-order valence-corrected chi connectivity index (χ0v) is 20.1. The Hall–Kier alpha value is -2.60. The van der Waals surface area contributed by atoms with E-state index < -0.39 is 21.7 Å². The summed E-state index contributed by atoms with van der Waals surface area (Å²) >= 11 is 9.77. The van der Waals surface area contributed by atoms with Crippen molar-refractivity contribution in [3.05, 3.63) is 75.9 Å². The van der Waals surface area contributed by atoms with Crippen LogP contribution in [0.25, 0.3) is 16.9 Å². The van der Waals surface area contributed by atoms with Gasteiger partial charge in [0.05, 0.1) is 21.3 Å². The number of anilines is 1. The minimum atomic E-state index is -3.96. The quantitative estimate of drug-likeness (QED) is 0.302. The molecule has 172 valence electrons. The van der Waals surface area contributed by atoms with E-state index in [-0.39, 0.29) is 11.4 Å². The Labute approximate surface area is 202 Å². The largest absolute Gasteiger partial charge is 0.370 e. The summed E-state index contributed by atoms with van der Waals surface area (Å²) in [5.74, 6) is -1.69. The van der Waals surface area contributed by atoms with Gasteiger partial charge in [-0.2, -0.15) is 9.61 Å². The number of rotatable bonds is 8. The summed E-state index contributed by atoms with van der Waals surface area (Å²) < 4.78 is 55.7. The van der Waals surface area contributed by atoms with Crippen molar-refractivity contribution in [1.29, 1.82) is 0 Å². The van der Waals surface area contributed by atoms with Gasteiger partial charge in [-0.3, -0.25) is 0 Å². The third-order valence-electron chi connectivity index (χ3n) is 4.73. The molecule has 33 heavy (non-hydrogen) atoms. The Morgan fingerprint density at radius 3 is 2.61 bits per heavy atom. The van der Waals surface area contributed by atoms with E-state index in [4.69, 9.17) is 11.6 Å². The van der Waals surface area contributed by atoms with Crippen LogP contribution in [0.3, 0.4) is 0 Å². The first-order valence-electron chi connectivity index (χ1n) is 9.74. The number of aromatic nitrogens is 3. The lowest BCUT2D eigenvalue weighted by Crippen LogP contribution is -2.26. The Bertz CT molecular complexity index is 1430. The van der Waals surface area contributed by atoms with Crippen molar-refractivity contribution in [2.24, 2.45) is 0 Å². The third-order valence-corrected chi connectivity index (χ3v) is 7.08. The lowest BCUT2D eigenvalue weighted by Gasteiger charge is -2.12. The molecule has 0 aliphatic rings. The third kappa shape index (κ3) is 5.16. The average molecular weight is 557 g/mol. The molecule has 0 unspecified atom stereocenters. The van der Waals surface area contributed by atoms with Crippen molar-refractivity contribution in [2.75, 3.05) is 18.4 Å². The molecule has 0 fully saturated rings. The van der Waals surface area contributed by atoms with E-state index in [1.165, 1.54) is 0 Å². The van der Waals surface area contributed by atoms with Gasteiger partial charge in [-0.05, 0) is 46.6 Å². The molecular weight excluding hydrogens is 540 g/mol. The molecule has 0 bridgehead atoms. The molecule has 0 saturated heterocycles. The van der Waals surface area contributed by atoms with Crippen LogP contribution in [0, 0.1) is 11.6 Å². The molecule has 7 nitrogen and oxygen atoms in total. The van der Waals surface area contributed by atoms with E-state index in [0.29, 0.717) is 45.7 Å². The van der Waals surface area contributed by atoms with Gasteiger partial charge in [-0.1, -0.05) is 29.8 Å². The van der Waals surface area contributed by atoms with Crippen LogP contribution in [0.15, 0.2) is 64.1 Å². The van der Waals surface area contributed by atoms with E-state index in [9.17, 15) is 17.2 Å². The van der Waals surface area contributed by atoms with Gasteiger partial charge in [-0.25, -0.2) is 26.9 Å². The minimum absolute atomic E-state index is 0.0860. The second kappa shape index (κ2) is 9.72. The number of benzene rings is 2. The standard InChI is InChI=1S/C21H17BrClF2N5O2S/c22-15-12-27-30-20(11-19(29-21(15)30)14-4-1-2-5-16(14)23)26-8-3-9-28-33(31,32)13-6-7-17(24)18(25)10-13/h1-2,4-7,10-12,26,28H,3,8-9H2.